The molecule has 0 N–H and O–H groups in total. The first-order valence-corrected chi connectivity index (χ1v) is 10.6. The van der Waals surface area contributed by atoms with Crippen molar-refractivity contribution < 1.29 is 9.21 Å². The molecule has 1 unspecified atom stereocenters. The second kappa shape index (κ2) is 5.98. The summed E-state index contributed by atoms with van der Waals surface area (Å²) in [4.78, 5) is 13.5. The highest BCUT2D eigenvalue weighted by molar-refractivity contribution is 8.00. The first-order valence-electron chi connectivity index (χ1n) is 9.68. The molecule has 0 amide bonds. The maximum absolute atomic E-state index is 13.5. The highest BCUT2D eigenvalue weighted by Crippen LogP contribution is 2.61. The molecule has 5 nitrogen and oxygen atoms in total. The van der Waals surface area contributed by atoms with Gasteiger partial charge in [-0.25, -0.2) is 0 Å². The summed E-state index contributed by atoms with van der Waals surface area (Å²) < 4.78 is 7.35. The normalized spacial score (nSPS) is 33.5. The van der Waals surface area contributed by atoms with Crippen LogP contribution in [0.25, 0.3) is 11.6 Å². The van der Waals surface area contributed by atoms with Crippen molar-refractivity contribution in [1.29, 1.82) is 0 Å². The van der Waals surface area contributed by atoms with E-state index in [1.807, 2.05) is 30.7 Å². The highest BCUT2D eigenvalue weighted by atomic mass is 32.2. The van der Waals surface area contributed by atoms with Gasteiger partial charge in [0, 0.05) is 12.5 Å². The number of Topliss-reactive ketones (excluding diaryl/α,β-unsaturated/α-hetero) is 1. The van der Waals surface area contributed by atoms with Crippen molar-refractivity contribution in [2.75, 3.05) is 0 Å². The third kappa shape index (κ3) is 2.56. The summed E-state index contributed by atoms with van der Waals surface area (Å²) in [5, 5.41) is 9.25. The van der Waals surface area contributed by atoms with Crippen molar-refractivity contribution in [3.05, 3.63) is 18.4 Å². The van der Waals surface area contributed by atoms with Crippen LogP contribution in [0.2, 0.25) is 0 Å². The lowest BCUT2D eigenvalue weighted by atomic mass is 9.48. The van der Waals surface area contributed by atoms with Crippen molar-refractivity contribution in [2.45, 2.75) is 55.9 Å². The van der Waals surface area contributed by atoms with Crippen molar-refractivity contribution in [3.8, 4) is 11.6 Å². The van der Waals surface area contributed by atoms with E-state index in [4.69, 9.17) is 4.42 Å². The number of nitrogens with zero attached hydrogens (tertiary/aromatic N) is 3. The van der Waals surface area contributed by atoms with Gasteiger partial charge in [-0.15, -0.1) is 10.2 Å². The first-order chi connectivity index (χ1) is 12.5. The van der Waals surface area contributed by atoms with E-state index in [1.165, 1.54) is 19.3 Å². The van der Waals surface area contributed by atoms with Crippen molar-refractivity contribution in [1.82, 2.24) is 14.8 Å². The topological polar surface area (TPSA) is 60.9 Å². The summed E-state index contributed by atoms with van der Waals surface area (Å²) in [7, 11) is 1.93. The van der Waals surface area contributed by atoms with Crippen LogP contribution < -0.4 is 0 Å². The van der Waals surface area contributed by atoms with Gasteiger partial charge in [0.25, 0.3) is 0 Å². The minimum atomic E-state index is -0.0846. The van der Waals surface area contributed by atoms with E-state index in [0.717, 1.165) is 42.2 Å². The maximum atomic E-state index is 13.5. The SMILES string of the molecule is CC(Sc1nnc(-c2ccco2)n1C)C(=O)C12CC3CC(CC(C3)C1)C2. The van der Waals surface area contributed by atoms with Crippen LogP contribution in [-0.2, 0) is 11.8 Å². The van der Waals surface area contributed by atoms with E-state index in [1.54, 1.807) is 18.0 Å². The number of carbonyl (C=O) groups excluding carboxylic acids is 1. The predicted molar refractivity (Wildman–Crippen MR) is 99.6 cm³/mol. The van der Waals surface area contributed by atoms with Crippen LogP contribution in [0.1, 0.15) is 45.4 Å². The molecular weight excluding hydrogens is 346 g/mol. The average Bonchev–Trinajstić information content (AvgIpc) is 3.23. The highest BCUT2D eigenvalue weighted by Gasteiger charge is 2.55. The Bertz CT molecular complexity index is 791. The number of thioether (sulfide) groups is 1. The number of furan rings is 1. The Morgan fingerprint density at radius 2 is 1.88 bits per heavy atom. The molecular formula is C20H25N3O2S. The Morgan fingerprint density at radius 1 is 1.23 bits per heavy atom. The Hall–Kier alpha value is -1.56. The summed E-state index contributed by atoms with van der Waals surface area (Å²) in [6, 6.07) is 3.72. The molecule has 4 saturated carbocycles. The Labute approximate surface area is 157 Å². The van der Waals surface area contributed by atoms with Gasteiger partial charge in [0.2, 0.25) is 0 Å². The van der Waals surface area contributed by atoms with Crippen molar-refractivity contribution in [3.63, 3.8) is 0 Å². The monoisotopic (exact) mass is 371 g/mol. The van der Waals surface area contributed by atoms with Gasteiger partial charge in [-0.2, -0.15) is 0 Å². The maximum Gasteiger partial charge on any atom is 0.200 e. The molecule has 1 atom stereocenters. The van der Waals surface area contributed by atoms with Crippen LogP contribution in [0.5, 0.6) is 0 Å². The van der Waals surface area contributed by atoms with Crippen LogP contribution in [-0.4, -0.2) is 25.8 Å². The smallest absolute Gasteiger partial charge is 0.200 e. The van der Waals surface area contributed by atoms with Crippen LogP contribution in [0, 0.1) is 23.2 Å². The van der Waals surface area contributed by atoms with Gasteiger partial charge in [0.05, 0.1) is 11.5 Å². The second-order valence-electron chi connectivity index (χ2n) is 8.66. The van der Waals surface area contributed by atoms with Gasteiger partial charge in [0.15, 0.2) is 22.5 Å². The third-order valence-electron chi connectivity index (χ3n) is 6.79. The molecule has 4 aliphatic rings. The summed E-state index contributed by atoms with van der Waals surface area (Å²) in [6.45, 7) is 2.05. The van der Waals surface area contributed by atoms with Crippen LogP contribution in [0.15, 0.2) is 28.0 Å². The molecule has 26 heavy (non-hydrogen) atoms. The zero-order valence-corrected chi connectivity index (χ0v) is 16.2. The molecule has 2 heterocycles. The third-order valence-corrected chi connectivity index (χ3v) is 7.92. The van der Waals surface area contributed by atoms with Gasteiger partial charge in [-0.3, -0.25) is 4.79 Å². The minimum Gasteiger partial charge on any atom is -0.461 e. The summed E-state index contributed by atoms with van der Waals surface area (Å²) in [5.74, 6) is 4.23. The second-order valence-corrected chi connectivity index (χ2v) is 9.97. The molecule has 4 aliphatic carbocycles. The van der Waals surface area contributed by atoms with Gasteiger partial charge in [0.1, 0.15) is 0 Å². The van der Waals surface area contributed by atoms with Crippen molar-refractivity contribution in [2.24, 2.45) is 30.2 Å². The lowest BCUT2D eigenvalue weighted by molar-refractivity contribution is -0.142. The molecule has 4 fully saturated rings. The molecule has 2 aromatic rings. The number of aromatic nitrogens is 3. The first kappa shape index (κ1) is 16.6. The van der Waals surface area contributed by atoms with E-state index in [0.29, 0.717) is 17.4 Å². The fourth-order valence-electron chi connectivity index (χ4n) is 6.09. The van der Waals surface area contributed by atoms with Crippen LogP contribution in [0.3, 0.4) is 0 Å². The summed E-state index contributed by atoms with van der Waals surface area (Å²) in [6.07, 6.45) is 9.10. The molecule has 4 bridgehead atoms. The Balaban J connectivity index is 1.35. The lowest BCUT2D eigenvalue weighted by Gasteiger charge is -2.56. The molecule has 0 aliphatic heterocycles. The molecule has 0 aromatic carbocycles. The van der Waals surface area contributed by atoms with Crippen LogP contribution in [0.4, 0.5) is 0 Å². The Morgan fingerprint density at radius 3 is 2.46 bits per heavy atom. The van der Waals surface area contributed by atoms with E-state index < -0.39 is 0 Å². The van der Waals surface area contributed by atoms with Crippen molar-refractivity contribution >= 4 is 17.5 Å². The largest absolute Gasteiger partial charge is 0.461 e. The quantitative estimate of drug-likeness (QED) is 0.732. The molecule has 0 radical (unpaired) electrons. The standard InChI is InChI=1S/C20H25N3O2S/c1-12(26-19-22-21-18(23(19)2)16-4-3-5-25-16)17(24)20-9-13-6-14(10-20)8-15(7-13)11-20/h3-5,12-15H,6-11H2,1-2H3. The molecule has 0 spiro atoms. The summed E-state index contributed by atoms with van der Waals surface area (Å²) in [5.41, 5.74) is -0.0520. The number of hydrogen-bond donors (Lipinski definition) is 0. The minimum absolute atomic E-state index is 0.0520. The van der Waals surface area contributed by atoms with Gasteiger partial charge < -0.3 is 8.98 Å². The Kier molecular flexibility index (Phi) is 3.82. The fourth-order valence-corrected chi connectivity index (χ4v) is 7.10. The molecule has 6 heteroatoms. The number of rotatable bonds is 5. The van der Waals surface area contributed by atoms with E-state index in [9.17, 15) is 4.79 Å². The number of ketones is 1. The van der Waals surface area contributed by atoms with E-state index in [2.05, 4.69) is 10.2 Å². The zero-order valence-electron chi connectivity index (χ0n) is 15.4. The van der Waals surface area contributed by atoms with Crippen LogP contribution >= 0.6 is 11.8 Å². The fraction of sp³-hybridized carbons (Fsp3) is 0.650. The molecule has 6 rings (SSSR count). The predicted octanol–water partition coefficient (Wildman–Crippen LogP) is 4.34. The van der Waals surface area contributed by atoms with E-state index in [-0.39, 0.29) is 10.7 Å². The number of hydrogen-bond acceptors (Lipinski definition) is 5. The van der Waals surface area contributed by atoms with Gasteiger partial charge in [-0.05, 0) is 75.3 Å². The zero-order chi connectivity index (χ0) is 17.9. The molecule has 138 valence electrons. The molecule has 2 aromatic heterocycles. The van der Waals surface area contributed by atoms with Gasteiger partial charge >= 0.3 is 0 Å². The lowest BCUT2D eigenvalue weighted by Crippen LogP contribution is -2.51. The number of carbonyl (C=O) groups is 1. The summed E-state index contributed by atoms with van der Waals surface area (Å²) >= 11 is 1.54. The van der Waals surface area contributed by atoms with E-state index >= 15 is 0 Å². The molecule has 0 saturated heterocycles. The average molecular weight is 372 g/mol. The van der Waals surface area contributed by atoms with Gasteiger partial charge in [-0.1, -0.05) is 11.8 Å².